The van der Waals surface area contributed by atoms with Crippen LogP contribution in [0.25, 0.3) is 0 Å². The van der Waals surface area contributed by atoms with Gasteiger partial charge in [-0.2, -0.15) is 0 Å². The Morgan fingerprint density at radius 3 is 1.13 bits per heavy atom. The Kier molecular flexibility index (Phi) is 52.1. The lowest BCUT2D eigenvalue weighted by molar-refractivity contribution is -0.870. The molecule has 8 nitrogen and oxygen atoms in total. The van der Waals surface area contributed by atoms with Crippen LogP contribution in [0.3, 0.4) is 0 Å². The molecular weight excluding hydrogens is 900 g/mol. The maximum atomic E-state index is 13.0. The number of rotatable bonds is 56. The number of hydrogen-bond acceptors (Lipinski definition) is 5. The fourth-order valence-corrected chi connectivity index (χ4v) is 9.69. The van der Waals surface area contributed by atoms with Gasteiger partial charge in [-0.05, 0) is 70.6 Å². The maximum Gasteiger partial charge on any atom is 0.472 e. The number of carbonyl (C=O) groups excluding carboxylic acids is 1. The van der Waals surface area contributed by atoms with E-state index >= 15 is 0 Å². The van der Waals surface area contributed by atoms with Crippen molar-refractivity contribution >= 4 is 13.7 Å². The molecule has 418 valence electrons. The molecule has 0 bridgehead atoms. The Balaban J connectivity index is 4.12. The monoisotopic (exact) mass is 1020 g/mol. The van der Waals surface area contributed by atoms with E-state index in [0.29, 0.717) is 17.4 Å². The fourth-order valence-electron chi connectivity index (χ4n) is 8.95. The molecular formula is C62H120N2O6P+. The summed E-state index contributed by atoms with van der Waals surface area (Å²) in [5.41, 5.74) is 0. The first-order valence-electron chi connectivity index (χ1n) is 30.5. The predicted molar refractivity (Wildman–Crippen MR) is 309 cm³/mol. The second-order valence-corrected chi connectivity index (χ2v) is 23.5. The van der Waals surface area contributed by atoms with Gasteiger partial charge in [0, 0.05) is 6.42 Å². The molecule has 1 amide bonds. The van der Waals surface area contributed by atoms with Crippen LogP contribution in [0, 0.1) is 0 Å². The lowest BCUT2D eigenvalue weighted by Gasteiger charge is -2.25. The molecule has 3 N–H and O–H groups in total. The van der Waals surface area contributed by atoms with E-state index in [4.69, 9.17) is 9.05 Å². The van der Waals surface area contributed by atoms with Crippen molar-refractivity contribution in [3.05, 3.63) is 48.6 Å². The Morgan fingerprint density at radius 1 is 0.465 bits per heavy atom. The number of quaternary nitrogens is 1. The highest BCUT2D eigenvalue weighted by Gasteiger charge is 2.27. The topological polar surface area (TPSA) is 105 Å². The van der Waals surface area contributed by atoms with Gasteiger partial charge in [0.05, 0.1) is 39.9 Å². The number of allylic oxidation sites excluding steroid dienone is 7. The third kappa shape index (κ3) is 56.0. The molecule has 0 aliphatic heterocycles. The van der Waals surface area contributed by atoms with Gasteiger partial charge in [-0.25, -0.2) is 4.57 Å². The van der Waals surface area contributed by atoms with Crippen molar-refractivity contribution in [2.45, 2.75) is 302 Å². The summed E-state index contributed by atoms with van der Waals surface area (Å²) in [7, 11) is 1.55. The average Bonchev–Trinajstić information content (AvgIpc) is 3.33. The van der Waals surface area contributed by atoms with E-state index < -0.39 is 20.0 Å². The van der Waals surface area contributed by atoms with Gasteiger partial charge in [-0.1, -0.05) is 262 Å². The van der Waals surface area contributed by atoms with Crippen LogP contribution in [-0.2, 0) is 18.4 Å². The first-order chi connectivity index (χ1) is 34.5. The molecule has 0 fully saturated rings. The predicted octanol–water partition coefficient (Wildman–Crippen LogP) is 18.7. The number of phosphoric acid groups is 1. The van der Waals surface area contributed by atoms with E-state index in [-0.39, 0.29) is 19.1 Å². The summed E-state index contributed by atoms with van der Waals surface area (Å²) < 4.78 is 23.7. The molecule has 0 aliphatic rings. The SMILES string of the molecule is CCCCCCCCCC/C=C\CCCCCCCCCCCCCCCCCCCCCC(=O)NC(COP(=O)(O)OCC[N+](C)(C)C)C(O)/C=C/CC/C=C/CC/C=C/CCCCCCCCCC. The van der Waals surface area contributed by atoms with Crippen LogP contribution in [0.4, 0.5) is 0 Å². The Labute approximate surface area is 441 Å². The Morgan fingerprint density at radius 2 is 0.775 bits per heavy atom. The van der Waals surface area contributed by atoms with E-state index in [0.717, 1.165) is 44.9 Å². The second-order valence-electron chi connectivity index (χ2n) is 22.1. The molecule has 71 heavy (non-hydrogen) atoms. The zero-order chi connectivity index (χ0) is 52.0. The third-order valence-corrected chi connectivity index (χ3v) is 14.7. The van der Waals surface area contributed by atoms with Crippen LogP contribution in [0.1, 0.15) is 290 Å². The van der Waals surface area contributed by atoms with Gasteiger partial charge >= 0.3 is 7.82 Å². The molecule has 0 rings (SSSR count). The number of likely N-dealkylation sites (N-methyl/N-ethyl adjacent to an activating group) is 1. The standard InChI is InChI=1S/C62H119N2O6P/c1-6-8-10-12-14-16-18-20-22-24-26-27-28-29-30-31-32-33-34-35-36-37-38-40-42-44-46-48-50-52-54-56-62(66)63-60(59-70-71(67,68)69-58-57-64(3,4)5)61(65)55-53-51-49-47-45-43-41-39-25-23-21-19-17-15-13-11-9-7-2/h24-26,39,45,47,53,55,60-61,65H,6-23,27-38,40-44,46,48-52,54,56-59H2,1-5H3,(H-,63,66,67,68)/p+1/b26-24-,39-25+,47-45+,55-53+. The van der Waals surface area contributed by atoms with Crippen LogP contribution in [0.15, 0.2) is 48.6 Å². The molecule has 3 unspecified atom stereocenters. The zero-order valence-electron chi connectivity index (χ0n) is 47.7. The number of hydrogen-bond donors (Lipinski definition) is 3. The number of nitrogens with zero attached hydrogens (tertiary/aromatic N) is 1. The van der Waals surface area contributed by atoms with E-state index in [2.05, 4.69) is 55.6 Å². The molecule has 3 atom stereocenters. The molecule has 0 aromatic carbocycles. The summed E-state index contributed by atoms with van der Waals surface area (Å²) in [5, 5.41) is 13.9. The molecule has 0 saturated heterocycles. The summed E-state index contributed by atoms with van der Waals surface area (Å²) in [6.07, 6.45) is 70.9. The van der Waals surface area contributed by atoms with Crippen molar-refractivity contribution in [3.8, 4) is 0 Å². The van der Waals surface area contributed by atoms with Gasteiger partial charge in [0.15, 0.2) is 0 Å². The number of nitrogens with one attached hydrogen (secondary N) is 1. The van der Waals surface area contributed by atoms with Gasteiger partial charge in [-0.15, -0.1) is 0 Å². The highest BCUT2D eigenvalue weighted by atomic mass is 31.2. The maximum absolute atomic E-state index is 13.0. The van der Waals surface area contributed by atoms with Crippen LogP contribution in [0.5, 0.6) is 0 Å². The van der Waals surface area contributed by atoms with Gasteiger partial charge < -0.3 is 19.8 Å². The average molecular weight is 1020 g/mol. The summed E-state index contributed by atoms with van der Waals surface area (Å²) in [6.45, 7) is 4.81. The molecule has 9 heteroatoms. The number of aliphatic hydroxyl groups is 1. The number of carbonyl (C=O) groups is 1. The van der Waals surface area contributed by atoms with Gasteiger partial charge in [0.2, 0.25) is 5.91 Å². The summed E-state index contributed by atoms with van der Waals surface area (Å²) >= 11 is 0. The van der Waals surface area contributed by atoms with E-state index in [1.807, 2.05) is 27.2 Å². The molecule has 0 aromatic rings. The first-order valence-corrected chi connectivity index (χ1v) is 32.0. The summed E-state index contributed by atoms with van der Waals surface area (Å²) in [5.74, 6) is -0.187. The Bertz CT molecular complexity index is 1290. The number of aliphatic hydroxyl groups excluding tert-OH is 1. The van der Waals surface area contributed by atoms with Crippen LogP contribution < -0.4 is 5.32 Å². The van der Waals surface area contributed by atoms with Crippen molar-refractivity contribution < 1.29 is 32.9 Å². The minimum absolute atomic E-state index is 0.0541. The van der Waals surface area contributed by atoms with Crippen molar-refractivity contribution in [2.24, 2.45) is 0 Å². The van der Waals surface area contributed by atoms with Crippen molar-refractivity contribution in [2.75, 3.05) is 40.9 Å². The highest BCUT2D eigenvalue weighted by molar-refractivity contribution is 7.47. The third-order valence-electron chi connectivity index (χ3n) is 13.7. The number of phosphoric ester groups is 1. The van der Waals surface area contributed by atoms with Crippen LogP contribution >= 0.6 is 7.82 Å². The highest BCUT2D eigenvalue weighted by Crippen LogP contribution is 2.43. The molecule has 0 saturated carbocycles. The fraction of sp³-hybridized carbons (Fsp3) is 0.855. The van der Waals surface area contributed by atoms with E-state index in [1.54, 1.807) is 6.08 Å². The second kappa shape index (κ2) is 53.3. The molecule has 0 aromatic heterocycles. The van der Waals surface area contributed by atoms with Crippen LogP contribution in [-0.4, -0.2) is 73.4 Å². The normalized spacial score (nSPS) is 14.2. The minimum atomic E-state index is -4.36. The largest absolute Gasteiger partial charge is 0.472 e. The van der Waals surface area contributed by atoms with Crippen molar-refractivity contribution in [3.63, 3.8) is 0 Å². The van der Waals surface area contributed by atoms with Crippen molar-refractivity contribution in [1.29, 1.82) is 0 Å². The van der Waals surface area contributed by atoms with Crippen LogP contribution in [0.2, 0.25) is 0 Å². The number of amides is 1. The van der Waals surface area contributed by atoms with Gasteiger partial charge in [-0.3, -0.25) is 13.8 Å². The van der Waals surface area contributed by atoms with Crippen molar-refractivity contribution in [1.82, 2.24) is 5.32 Å². The molecule has 0 heterocycles. The Hall–Kier alpha value is -1.54. The molecule has 0 spiro atoms. The van der Waals surface area contributed by atoms with E-state index in [9.17, 15) is 19.4 Å². The van der Waals surface area contributed by atoms with Gasteiger partial charge in [0.25, 0.3) is 0 Å². The molecule has 0 aliphatic carbocycles. The number of unbranched alkanes of at least 4 members (excludes halogenated alkanes) is 37. The lowest BCUT2D eigenvalue weighted by atomic mass is 10.0. The molecule has 0 radical (unpaired) electrons. The summed E-state index contributed by atoms with van der Waals surface area (Å²) in [4.78, 5) is 23.3. The first kappa shape index (κ1) is 69.5. The minimum Gasteiger partial charge on any atom is -0.387 e. The van der Waals surface area contributed by atoms with Gasteiger partial charge in [0.1, 0.15) is 13.2 Å². The quantitative estimate of drug-likeness (QED) is 0.0243. The lowest BCUT2D eigenvalue weighted by Crippen LogP contribution is -2.45. The summed E-state index contributed by atoms with van der Waals surface area (Å²) in [6, 6.07) is -0.869. The zero-order valence-corrected chi connectivity index (χ0v) is 48.6. The van der Waals surface area contributed by atoms with E-state index in [1.165, 1.54) is 225 Å². The smallest absolute Gasteiger partial charge is 0.387 e.